The monoisotopic (exact) mass is 816 g/mol. The van der Waals surface area contributed by atoms with Gasteiger partial charge in [0.15, 0.2) is 0 Å². The number of pyridine rings is 1. The van der Waals surface area contributed by atoms with Crippen LogP contribution in [-0.2, 0) is 21.7 Å². The van der Waals surface area contributed by atoms with E-state index in [1.165, 1.54) is 50.3 Å². The molecule has 3 heterocycles. The zero-order chi connectivity index (χ0) is 43.8. The number of anilines is 4. The molecule has 0 spiro atoms. The first-order valence-corrected chi connectivity index (χ1v) is 22.1. The maximum atomic E-state index is 7.06. The van der Waals surface area contributed by atoms with E-state index in [4.69, 9.17) is 9.72 Å². The Morgan fingerprint density at radius 2 is 1.00 bits per heavy atom. The highest BCUT2D eigenvalue weighted by Crippen LogP contribution is 2.48. The van der Waals surface area contributed by atoms with Crippen LogP contribution in [0.2, 0.25) is 0 Å². The minimum absolute atomic E-state index is 0.00286. The second kappa shape index (κ2) is 14.9. The molecule has 8 aromatic rings. The Bertz CT molecular complexity index is 2920. The highest BCUT2D eigenvalue weighted by atomic mass is 16.5. The lowest BCUT2D eigenvalue weighted by Gasteiger charge is -2.30. The van der Waals surface area contributed by atoms with Gasteiger partial charge in [-0.1, -0.05) is 143 Å². The van der Waals surface area contributed by atoms with E-state index in [1.54, 1.807) is 0 Å². The molecule has 0 saturated heterocycles. The second-order valence-electron chi connectivity index (χ2n) is 20.7. The van der Waals surface area contributed by atoms with Gasteiger partial charge in [0.1, 0.15) is 24.0 Å². The minimum Gasteiger partial charge on any atom is -0.457 e. The third kappa shape index (κ3) is 7.52. The van der Waals surface area contributed by atoms with Gasteiger partial charge >= 0.3 is 0 Å². The maximum Gasteiger partial charge on any atom is 0.137 e. The van der Waals surface area contributed by atoms with Gasteiger partial charge in [0.2, 0.25) is 0 Å². The molecule has 0 N–H and O–H groups in total. The molecule has 0 atom stereocenters. The van der Waals surface area contributed by atoms with Crippen LogP contribution in [0.1, 0.15) is 104 Å². The molecule has 1 aliphatic rings. The normalized spacial score (nSPS) is 13.6. The molecule has 0 saturated carbocycles. The maximum absolute atomic E-state index is 7.06. The number of rotatable bonds is 7. The van der Waals surface area contributed by atoms with E-state index >= 15 is 0 Å². The molecule has 0 aliphatic carbocycles. The summed E-state index contributed by atoms with van der Waals surface area (Å²) in [5.74, 6) is 2.46. The summed E-state index contributed by atoms with van der Waals surface area (Å²) in [5, 5.41) is 2.35. The summed E-state index contributed by atoms with van der Waals surface area (Å²) in [6, 6.07) is 53.0. The fraction of sp³-hybridized carbons (Fsp3) is 0.281. The van der Waals surface area contributed by atoms with Crippen molar-refractivity contribution in [3.8, 4) is 17.3 Å². The van der Waals surface area contributed by atoms with Crippen LogP contribution in [0.4, 0.5) is 22.7 Å². The number of hydrogen-bond acceptors (Lipinski definition) is 4. The van der Waals surface area contributed by atoms with Crippen molar-refractivity contribution in [3.05, 3.63) is 180 Å². The summed E-state index contributed by atoms with van der Waals surface area (Å²) >= 11 is 0. The largest absolute Gasteiger partial charge is 0.457 e. The van der Waals surface area contributed by atoms with Crippen molar-refractivity contribution in [3.63, 3.8) is 0 Å². The van der Waals surface area contributed by atoms with Gasteiger partial charge in [-0.3, -0.25) is 4.57 Å². The van der Waals surface area contributed by atoms with Gasteiger partial charge in [-0.2, -0.15) is 0 Å². The second-order valence-corrected chi connectivity index (χ2v) is 20.7. The number of aromatic nitrogens is 2. The van der Waals surface area contributed by atoms with Crippen molar-refractivity contribution in [2.45, 2.75) is 97.8 Å². The van der Waals surface area contributed by atoms with Crippen molar-refractivity contribution in [1.29, 1.82) is 0 Å². The summed E-state index contributed by atoms with van der Waals surface area (Å²) in [6.07, 6.45) is 1.93. The molecule has 0 unspecified atom stereocenters. The summed E-state index contributed by atoms with van der Waals surface area (Å²) in [6.45, 7) is 25.9. The SMILES string of the molecule is CC(C)(C)c1cc(N2CN(c3cc(Oc4ccc5c6ccccc6n(-c6cc(C(C)(C)C)ccn6)c5c4)cc(C(C)(C)c4ccccc4)c3)c3ccccc32)cc(C(C)(C)C)c1. The first-order chi connectivity index (χ1) is 29.4. The van der Waals surface area contributed by atoms with Gasteiger partial charge in [0.25, 0.3) is 0 Å². The van der Waals surface area contributed by atoms with Crippen LogP contribution < -0.4 is 14.5 Å². The van der Waals surface area contributed by atoms with Crippen molar-refractivity contribution in [1.82, 2.24) is 9.55 Å². The van der Waals surface area contributed by atoms with E-state index in [-0.39, 0.29) is 21.7 Å². The molecule has 62 heavy (non-hydrogen) atoms. The first kappa shape index (κ1) is 41.0. The van der Waals surface area contributed by atoms with Gasteiger partial charge in [-0.25, -0.2) is 4.98 Å². The highest BCUT2D eigenvalue weighted by Gasteiger charge is 2.32. The quantitative estimate of drug-likeness (QED) is 0.160. The van der Waals surface area contributed by atoms with E-state index in [0.717, 1.165) is 39.4 Å². The lowest BCUT2D eigenvalue weighted by Crippen LogP contribution is -2.26. The number of para-hydroxylation sites is 3. The van der Waals surface area contributed by atoms with Crippen LogP contribution in [0.5, 0.6) is 11.5 Å². The summed E-state index contributed by atoms with van der Waals surface area (Å²) in [4.78, 5) is 9.85. The Kier molecular flexibility index (Phi) is 9.89. The number of fused-ring (bicyclic) bond motifs is 4. The van der Waals surface area contributed by atoms with E-state index in [2.05, 4.69) is 236 Å². The molecule has 6 aromatic carbocycles. The molecule has 5 nitrogen and oxygen atoms in total. The first-order valence-electron chi connectivity index (χ1n) is 22.1. The number of nitrogens with zero attached hydrogens (tertiary/aromatic N) is 4. The van der Waals surface area contributed by atoms with Crippen molar-refractivity contribution < 1.29 is 4.74 Å². The fourth-order valence-corrected chi connectivity index (χ4v) is 8.87. The lowest BCUT2D eigenvalue weighted by molar-refractivity contribution is 0.480. The standard InChI is InChI=1S/C57H60N4O/c1-54(2,3)39-27-28-58-53(34-39)61-49-22-16-15-21-47(49)48-26-25-45(36-52(48)61)62-46-33-42(57(10,11)38-19-13-12-14-20-38)32-44(35-46)60-37-59(50-23-17-18-24-51(50)60)43-30-40(55(4,5)6)29-41(31-43)56(7,8)9/h12-36H,37H2,1-11H3. The van der Waals surface area contributed by atoms with Gasteiger partial charge in [-0.15, -0.1) is 0 Å². The Morgan fingerprint density at radius 1 is 0.435 bits per heavy atom. The molecule has 2 aromatic heterocycles. The lowest BCUT2D eigenvalue weighted by atomic mass is 9.78. The molecule has 0 radical (unpaired) electrons. The molecule has 0 fully saturated rings. The summed E-state index contributed by atoms with van der Waals surface area (Å²) < 4.78 is 9.34. The molecular formula is C57H60N4O. The highest BCUT2D eigenvalue weighted by molar-refractivity contribution is 6.09. The Morgan fingerprint density at radius 3 is 1.65 bits per heavy atom. The van der Waals surface area contributed by atoms with Crippen LogP contribution in [0, 0.1) is 0 Å². The molecular weight excluding hydrogens is 757 g/mol. The van der Waals surface area contributed by atoms with Crippen LogP contribution in [0.15, 0.2) is 152 Å². The van der Waals surface area contributed by atoms with Crippen molar-refractivity contribution in [2.24, 2.45) is 0 Å². The van der Waals surface area contributed by atoms with Crippen LogP contribution in [0.3, 0.4) is 0 Å². The number of hydrogen-bond donors (Lipinski definition) is 0. The molecule has 0 bridgehead atoms. The van der Waals surface area contributed by atoms with E-state index in [9.17, 15) is 0 Å². The topological polar surface area (TPSA) is 33.5 Å². The average Bonchev–Trinajstić information content (AvgIpc) is 3.79. The molecule has 5 heteroatoms. The van der Waals surface area contributed by atoms with Crippen LogP contribution in [-0.4, -0.2) is 16.2 Å². The van der Waals surface area contributed by atoms with Crippen LogP contribution >= 0.6 is 0 Å². The van der Waals surface area contributed by atoms with Gasteiger partial charge in [0.05, 0.1) is 22.4 Å². The van der Waals surface area contributed by atoms with Gasteiger partial charge in [0, 0.05) is 45.9 Å². The predicted octanol–water partition coefficient (Wildman–Crippen LogP) is 15.4. The van der Waals surface area contributed by atoms with Crippen molar-refractivity contribution >= 4 is 44.6 Å². The minimum atomic E-state index is -0.308. The van der Waals surface area contributed by atoms with Crippen molar-refractivity contribution in [2.75, 3.05) is 16.5 Å². The molecule has 0 amide bonds. The Hall–Kier alpha value is -6.33. The zero-order valence-electron chi connectivity index (χ0n) is 38.3. The van der Waals surface area contributed by atoms with E-state index in [1.807, 2.05) is 6.20 Å². The third-order valence-corrected chi connectivity index (χ3v) is 12.8. The summed E-state index contributed by atoms with van der Waals surface area (Å²) in [5.41, 5.74) is 12.8. The third-order valence-electron chi connectivity index (χ3n) is 12.8. The van der Waals surface area contributed by atoms with E-state index in [0.29, 0.717) is 6.67 Å². The van der Waals surface area contributed by atoms with Gasteiger partial charge < -0.3 is 14.5 Å². The predicted molar refractivity (Wildman–Crippen MR) is 262 cm³/mol. The molecule has 1 aliphatic heterocycles. The zero-order valence-corrected chi connectivity index (χ0v) is 38.3. The fourth-order valence-electron chi connectivity index (χ4n) is 8.87. The van der Waals surface area contributed by atoms with E-state index < -0.39 is 0 Å². The smallest absolute Gasteiger partial charge is 0.137 e. The average molecular weight is 817 g/mol. The Labute approximate surface area is 368 Å². The summed E-state index contributed by atoms with van der Waals surface area (Å²) in [7, 11) is 0. The number of benzene rings is 6. The molecule has 314 valence electrons. The van der Waals surface area contributed by atoms with Gasteiger partial charge in [-0.05, 0) is 111 Å². The number of ether oxygens (including phenoxy) is 1. The Balaban J connectivity index is 1.18. The molecule has 9 rings (SSSR count). The van der Waals surface area contributed by atoms with Crippen LogP contribution in [0.25, 0.3) is 27.6 Å².